The molecule has 0 unspecified atom stereocenters. The Balaban J connectivity index is 2.30. The molecule has 1 aromatic carbocycles. The number of halogens is 1. The predicted molar refractivity (Wildman–Crippen MR) is 66.1 cm³/mol. The summed E-state index contributed by atoms with van der Waals surface area (Å²) in [5.74, 6) is 1.27. The summed E-state index contributed by atoms with van der Waals surface area (Å²) in [5, 5.41) is 0. The molecule has 1 aliphatic carbocycles. The zero-order valence-corrected chi connectivity index (χ0v) is 10.3. The van der Waals surface area contributed by atoms with Crippen molar-refractivity contribution in [2.75, 3.05) is 0 Å². The van der Waals surface area contributed by atoms with Crippen LogP contribution in [0.3, 0.4) is 0 Å². The van der Waals surface area contributed by atoms with Crippen LogP contribution in [-0.4, -0.2) is 0 Å². The highest BCUT2D eigenvalue weighted by molar-refractivity contribution is 5.30. The number of hydrogen-bond donors (Lipinski definition) is 0. The average Bonchev–Trinajstić information content (AvgIpc) is 2.32. The summed E-state index contributed by atoms with van der Waals surface area (Å²) < 4.78 is 13.3. The highest BCUT2D eigenvalue weighted by atomic mass is 19.1. The van der Waals surface area contributed by atoms with Gasteiger partial charge in [-0.25, -0.2) is 4.39 Å². The molecule has 0 saturated heterocycles. The fraction of sp³-hybridized carbons (Fsp3) is 0.600. The molecule has 0 nitrogen and oxygen atoms in total. The summed E-state index contributed by atoms with van der Waals surface area (Å²) >= 11 is 0. The van der Waals surface area contributed by atoms with Gasteiger partial charge < -0.3 is 0 Å². The second kappa shape index (κ2) is 4.99. The minimum Gasteiger partial charge on any atom is -0.207 e. The lowest BCUT2D eigenvalue weighted by molar-refractivity contribution is 0.298. The van der Waals surface area contributed by atoms with E-state index in [9.17, 15) is 4.39 Å². The summed E-state index contributed by atoms with van der Waals surface area (Å²) in [6.07, 6.45) is 6.43. The first kappa shape index (κ1) is 11.6. The monoisotopic (exact) mass is 220 g/mol. The van der Waals surface area contributed by atoms with Crippen LogP contribution >= 0.6 is 0 Å². The molecule has 1 heteroatoms. The molecule has 0 N–H and O–H groups in total. The second-order valence-electron chi connectivity index (χ2n) is 5.06. The fourth-order valence-corrected chi connectivity index (χ4v) is 3.12. The molecule has 16 heavy (non-hydrogen) atoms. The first-order chi connectivity index (χ1) is 7.72. The van der Waals surface area contributed by atoms with Crippen LogP contribution in [0.15, 0.2) is 18.2 Å². The van der Waals surface area contributed by atoms with Gasteiger partial charge in [-0.15, -0.1) is 0 Å². The van der Waals surface area contributed by atoms with E-state index in [2.05, 4.69) is 13.8 Å². The van der Waals surface area contributed by atoms with Crippen molar-refractivity contribution in [2.24, 2.45) is 5.92 Å². The third-order valence-electron chi connectivity index (χ3n) is 4.07. The van der Waals surface area contributed by atoms with Crippen molar-refractivity contribution in [1.82, 2.24) is 0 Å². The first-order valence-electron chi connectivity index (χ1n) is 6.48. The van der Waals surface area contributed by atoms with Crippen molar-refractivity contribution < 1.29 is 4.39 Å². The maximum Gasteiger partial charge on any atom is 0.123 e. The van der Waals surface area contributed by atoms with Crippen LogP contribution in [0, 0.1) is 18.7 Å². The Morgan fingerprint density at radius 1 is 1.25 bits per heavy atom. The number of aryl methyl sites for hydroxylation is 1. The van der Waals surface area contributed by atoms with E-state index in [-0.39, 0.29) is 5.82 Å². The van der Waals surface area contributed by atoms with Gasteiger partial charge >= 0.3 is 0 Å². The quantitative estimate of drug-likeness (QED) is 0.670. The molecule has 0 amide bonds. The number of benzene rings is 1. The van der Waals surface area contributed by atoms with Crippen LogP contribution in [0.5, 0.6) is 0 Å². The van der Waals surface area contributed by atoms with E-state index in [0.717, 1.165) is 5.92 Å². The smallest absolute Gasteiger partial charge is 0.123 e. The molecule has 0 spiro atoms. The lowest BCUT2D eigenvalue weighted by Gasteiger charge is -2.32. The highest BCUT2D eigenvalue weighted by Gasteiger charge is 2.26. The molecule has 0 aromatic heterocycles. The van der Waals surface area contributed by atoms with Crippen molar-refractivity contribution in [1.29, 1.82) is 0 Å². The van der Waals surface area contributed by atoms with E-state index >= 15 is 0 Å². The van der Waals surface area contributed by atoms with Gasteiger partial charge in [0.2, 0.25) is 0 Å². The van der Waals surface area contributed by atoms with E-state index in [0.29, 0.717) is 5.92 Å². The molecule has 0 aliphatic heterocycles. The lowest BCUT2D eigenvalue weighted by Crippen LogP contribution is -2.18. The van der Waals surface area contributed by atoms with Crippen LogP contribution < -0.4 is 0 Å². The largest absolute Gasteiger partial charge is 0.207 e. The Labute approximate surface area is 97.9 Å². The molecule has 1 fully saturated rings. The maximum atomic E-state index is 13.3. The maximum absolute atomic E-state index is 13.3. The van der Waals surface area contributed by atoms with E-state index in [1.165, 1.54) is 43.2 Å². The lowest BCUT2D eigenvalue weighted by atomic mass is 9.73. The van der Waals surface area contributed by atoms with E-state index in [4.69, 9.17) is 0 Å². The van der Waals surface area contributed by atoms with Gasteiger partial charge in [0.1, 0.15) is 5.82 Å². The third-order valence-corrected chi connectivity index (χ3v) is 4.07. The van der Waals surface area contributed by atoms with Crippen LogP contribution in [0.1, 0.15) is 56.1 Å². The SMILES string of the molecule is CC[C@H]1CCCC[C@@H]1c1cc(F)ccc1C. The highest BCUT2D eigenvalue weighted by Crippen LogP contribution is 2.40. The molecular formula is C15H21F. The second-order valence-corrected chi connectivity index (χ2v) is 5.06. The number of rotatable bonds is 2. The molecule has 0 bridgehead atoms. The van der Waals surface area contributed by atoms with Crippen molar-refractivity contribution >= 4 is 0 Å². The molecule has 1 aliphatic rings. The van der Waals surface area contributed by atoms with E-state index in [1.807, 2.05) is 6.07 Å². The zero-order chi connectivity index (χ0) is 11.5. The summed E-state index contributed by atoms with van der Waals surface area (Å²) in [4.78, 5) is 0. The standard InChI is InChI=1S/C15H21F/c1-3-12-6-4-5-7-14(12)15-10-13(16)9-8-11(15)2/h8-10,12,14H,3-7H2,1-2H3/t12-,14-/m0/s1. The first-order valence-corrected chi connectivity index (χ1v) is 6.48. The van der Waals surface area contributed by atoms with Gasteiger partial charge in [-0.3, -0.25) is 0 Å². The summed E-state index contributed by atoms with van der Waals surface area (Å²) in [7, 11) is 0. The molecule has 2 atom stereocenters. The molecule has 2 rings (SSSR count). The van der Waals surface area contributed by atoms with E-state index < -0.39 is 0 Å². The summed E-state index contributed by atoms with van der Waals surface area (Å²) in [6, 6.07) is 5.25. The van der Waals surface area contributed by atoms with Gasteiger partial charge in [-0.05, 0) is 54.9 Å². The number of hydrogen-bond acceptors (Lipinski definition) is 0. The molecule has 1 saturated carbocycles. The van der Waals surface area contributed by atoms with Gasteiger partial charge in [0.15, 0.2) is 0 Å². The Morgan fingerprint density at radius 3 is 2.75 bits per heavy atom. The predicted octanol–water partition coefficient (Wildman–Crippen LogP) is 4.82. The van der Waals surface area contributed by atoms with Crippen LogP contribution in [0.4, 0.5) is 4.39 Å². The topological polar surface area (TPSA) is 0 Å². The molecule has 88 valence electrons. The minimum absolute atomic E-state index is 0.0824. The average molecular weight is 220 g/mol. The zero-order valence-electron chi connectivity index (χ0n) is 10.3. The Hall–Kier alpha value is -0.850. The van der Waals surface area contributed by atoms with Gasteiger partial charge in [0, 0.05) is 0 Å². The van der Waals surface area contributed by atoms with Crippen LogP contribution in [0.25, 0.3) is 0 Å². The Morgan fingerprint density at radius 2 is 2.00 bits per heavy atom. The summed E-state index contributed by atoms with van der Waals surface area (Å²) in [6.45, 7) is 4.37. The van der Waals surface area contributed by atoms with Gasteiger partial charge in [0.05, 0.1) is 0 Å². The van der Waals surface area contributed by atoms with Crippen molar-refractivity contribution in [3.63, 3.8) is 0 Å². The van der Waals surface area contributed by atoms with Crippen molar-refractivity contribution in [3.8, 4) is 0 Å². The third kappa shape index (κ3) is 2.28. The molecular weight excluding hydrogens is 199 g/mol. The van der Waals surface area contributed by atoms with Gasteiger partial charge in [-0.1, -0.05) is 32.3 Å². The van der Waals surface area contributed by atoms with Crippen LogP contribution in [-0.2, 0) is 0 Å². The van der Waals surface area contributed by atoms with Gasteiger partial charge in [-0.2, -0.15) is 0 Å². The fourth-order valence-electron chi connectivity index (χ4n) is 3.12. The minimum atomic E-state index is -0.0824. The van der Waals surface area contributed by atoms with E-state index in [1.54, 1.807) is 12.1 Å². The van der Waals surface area contributed by atoms with Gasteiger partial charge in [0.25, 0.3) is 0 Å². The van der Waals surface area contributed by atoms with Crippen molar-refractivity contribution in [2.45, 2.75) is 51.9 Å². The van der Waals surface area contributed by atoms with Crippen molar-refractivity contribution in [3.05, 3.63) is 35.1 Å². The Kier molecular flexibility index (Phi) is 3.63. The summed E-state index contributed by atoms with van der Waals surface area (Å²) in [5.41, 5.74) is 2.51. The molecule has 0 radical (unpaired) electrons. The Bertz CT molecular complexity index is 356. The molecule has 0 heterocycles. The molecule has 1 aromatic rings. The van der Waals surface area contributed by atoms with Crippen LogP contribution in [0.2, 0.25) is 0 Å². The normalized spacial score (nSPS) is 25.7.